The van der Waals surface area contributed by atoms with Crippen LogP contribution >= 0.6 is 11.6 Å². The number of hydrogen-bond acceptors (Lipinski definition) is 6. The van der Waals surface area contributed by atoms with E-state index in [0.717, 1.165) is 25.1 Å². The third-order valence-corrected chi connectivity index (χ3v) is 6.16. The maximum Gasteiger partial charge on any atom is 0.411 e. The van der Waals surface area contributed by atoms with Gasteiger partial charge in [0.2, 0.25) is 0 Å². The van der Waals surface area contributed by atoms with Crippen LogP contribution in [-0.2, 0) is 14.4 Å². The van der Waals surface area contributed by atoms with Crippen molar-refractivity contribution in [3.63, 3.8) is 0 Å². The number of halogens is 2. The molecule has 2 aromatic rings. The molecule has 1 aliphatic heterocycles. The second-order valence-electron chi connectivity index (χ2n) is 8.93. The molecule has 1 aliphatic rings. The van der Waals surface area contributed by atoms with Gasteiger partial charge < -0.3 is 30.4 Å². The first-order valence-electron chi connectivity index (χ1n) is 11.4. The van der Waals surface area contributed by atoms with Gasteiger partial charge in [-0.2, -0.15) is 0 Å². The number of carboxylic acid groups (broad SMARTS) is 4. The van der Waals surface area contributed by atoms with Gasteiger partial charge in [-0.3, -0.25) is 14.5 Å². The summed E-state index contributed by atoms with van der Waals surface area (Å²) in [6.07, 6.45) is -2.30. The van der Waals surface area contributed by atoms with Gasteiger partial charge in [0.1, 0.15) is 5.82 Å². The summed E-state index contributed by atoms with van der Waals surface area (Å²) in [5.74, 6) is -5.22. The molecule has 5 N–H and O–H groups in total. The van der Waals surface area contributed by atoms with E-state index in [9.17, 15) is 28.7 Å². The second kappa shape index (κ2) is 13.2. The molecule has 0 aliphatic carbocycles. The van der Waals surface area contributed by atoms with Crippen LogP contribution in [0, 0.1) is 11.7 Å². The van der Waals surface area contributed by atoms with Crippen molar-refractivity contribution in [1.82, 2.24) is 4.90 Å². The van der Waals surface area contributed by atoms with Gasteiger partial charge in [0.25, 0.3) is 0 Å². The third-order valence-electron chi connectivity index (χ3n) is 5.87. The van der Waals surface area contributed by atoms with Crippen molar-refractivity contribution >= 4 is 41.3 Å². The monoisotopic (exact) mass is 554 g/mol. The lowest BCUT2D eigenvalue weighted by Crippen LogP contribution is -2.42. The van der Waals surface area contributed by atoms with Gasteiger partial charge >= 0.3 is 24.0 Å². The van der Waals surface area contributed by atoms with E-state index in [1.165, 1.54) is 17.0 Å². The normalized spacial score (nSPS) is 15.3. The highest BCUT2D eigenvalue weighted by Crippen LogP contribution is 2.34. The van der Waals surface area contributed by atoms with Crippen LogP contribution in [0.25, 0.3) is 11.1 Å². The first-order chi connectivity index (χ1) is 17.7. The summed E-state index contributed by atoms with van der Waals surface area (Å²) in [7, 11) is 2.04. The van der Waals surface area contributed by atoms with Gasteiger partial charge in [0.05, 0.1) is 23.6 Å². The summed E-state index contributed by atoms with van der Waals surface area (Å²) in [4.78, 5) is 46.0. The summed E-state index contributed by atoms with van der Waals surface area (Å²) < 4.78 is 13.5. The van der Waals surface area contributed by atoms with Crippen molar-refractivity contribution in [2.45, 2.75) is 24.9 Å². The Kier molecular flexibility index (Phi) is 10.6. The minimum Gasteiger partial charge on any atom is -0.481 e. The smallest absolute Gasteiger partial charge is 0.411 e. The predicted molar refractivity (Wildman–Crippen MR) is 135 cm³/mol. The molecule has 1 fully saturated rings. The topological polar surface area (TPSA) is 176 Å². The van der Waals surface area contributed by atoms with Gasteiger partial charge in [-0.05, 0) is 49.7 Å². The van der Waals surface area contributed by atoms with Crippen LogP contribution < -0.4 is 4.90 Å². The van der Waals surface area contributed by atoms with Crippen LogP contribution in [-0.4, -0.2) is 86.7 Å². The zero-order chi connectivity index (χ0) is 28.6. The standard InChI is InChI=1S/C19H20ClFN2O2.C6H8O7/c1-22-9-8-13(11-22)12-23(19(24)25)18-5-3-2-4-15(18)14-6-7-17(21)16(20)10-14;7-3(8)1-6(13,5(11)12)2-4(9)10/h2-7,10,13H,8-9,11-12H2,1H3,(H,24,25);13H,1-2H2,(H,7,8)(H,9,10)(H,11,12). The third kappa shape index (κ3) is 8.40. The van der Waals surface area contributed by atoms with E-state index in [-0.39, 0.29) is 5.02 Å². The Labute approximate surface area is 222 Å². The average molecular weight is 555 g/mol. The SMILES string of the molecule is CN1CCC(CN(C(=O)O)c2ccccc2-c2ccc(F)c(Cl)c2)C1.O=C(O)CC(O)(CC(=O)O)C(=O)O. The molecule has 13 heteroatoms. The number of likely N-dealkylation sites (tertiary alicyclic amines) is 1. The number of rotatable bonds is 9. The molecule has 0 saturated carbocycles. The molecule has 0 bridgehead atoms. The molecule has 3 rings (SSSR count). The van der Waals surface area contributed by atoms with Crippen molar-refractivity contribution in [1.29, 1.82) is 0 Å². The minimum absolute atomic E-state index is 0.0200. The van der Waals surface area contributed by atoms with Crippen LogP contribution in [0.5, 0.6) is 0 Å². The first-order valence-corrected chi connectivity index (χ1v) is 11.7. The largest absolute Gasteiger partial charge is 0.481 e. The van der Waals surface area contributed by atoms with Gasteiger partial charge in [0, 0.05) is 18.7 Å². The van der Waals surface area contributed by atoms with E-state index in [4.69, 9.17) is 32.0 Å². The van der Waals surface area contributed by atoms with Gasteiger partial charge in [-0.25, -0.2) is 14.0 Å². The lowest BCUT2D eigenvalue weighted by atomic mass is 9.96. The zero-order valence-electron chi connectivity index (χ0n) is 20.4. The minimum atomic E-state index is -2.74. The van der Waals surface area contributed by atoms with E-state index < -0.39 is 48.3 Å². The number of amides is 1. The highest BCUT2D eigenvalue weighted by atomic mass is 35.5. The highest BCUT2D eigenvalue weighted by Gasteiger charge is 2.40. The molecule has 1 unspecified atom stereocenters. The molecular formula is C25H28ClFN2O9. The number of aliphatic hydroxyl groups is 1. The van der Waals surface area contributed by atoms with E-state index in [0.29, 0.717) is 23.7 Å². The molecule has 0 spiro atoms. The number of anilines is 1. The molecule has 0 aromatic heterocycles. The van der Waals surface area contributed by atoms with Crippen molar-refractivity contribution in [3.05, 3.63) is 53.3 Å². The lowest BCUT2D eigenvalue weighted by molar-refractivity contribution is -0.170. The average Bonchev–Trinajstić information content (AvgIpc) is 3.23. The zero-order valence-corrected chi connectivity index (χ0v) is 21.1. The van der Waals surface area contributed by atoms with Crippen LogP contribution in [0.1, 0.15) is 19.3 Å². The quantitative estimate of drug-likeness (QED) is 0.309. The molecule has 1 heterocycles. The summed E-state index contributed by atoms with van der Waals surface area (Å²) in [5.41, 5.74) is -0.736. The lowest BCUT2D eigenvalue weighted by Gasteiger charge is -2.25. The van der Waals surface area contributed by atoms with E-state index in [1.54, 1.807) is 18.2 Å². The molecule has 206 valence electrons. The Hall–Kier alpha value is -3.74. The van der Waals surface area contributed by atoms with E-state index in [1.807, 2.05) is 19.2 Å². The summed E-state index contributed by atoms with van der Waals surface area (Å²) in [5, 5.41) is 43.6. The molecule has 0 radical (unpaired) electrons. The van der Waals surface area contributed by atoms with Gasteiger partial charge in [-0.15, -0.1) is 0 Å². The molecule has 11 nitrogen and oxygen atoms in total. The van der Waals surface area contributed by atoms with E-state index >= 15 is 0 Å². The van der Waals surface area contributed by atoms with Crippen LogP contribution in [0.2, 0.25) is 5.02 Å². The predicted octanol–water partition coefficient (Wildman–Crippen LogP) is 3.33. The Bertz CT molecular complexity index is 1180. The fourth-order valence-electron chi connectivity index (χ4n) is 4.04. The second-order valence-corrected chi connectivity index (χ2v) is 9.34. The summed E-state index contributed by atoms with van der Waals surface area (Å²) in [6.45, 7) is 2.30. The molecule has 1 atom stereocenters. The van der Waals surface area contributed by atoms with Crippen molar-refractivity contribution in [2.24, 2.45) is 5.92 Å². The Morgan fingerprint density at radius 1 is 1.05 bits per heavy atom. The van der Waals surface area contributed by atoms with Gasteiger partial charge in [0.15, 0.2) is 5.60 Å². The van der Waals surface area contributed by atoms with Crippen molar-refractivity contribution in [2.75, 3.05) is 31.6 Å². The fraction of sp³-hybridized carbons (Fsp3) is 0.360. The maximum absolute atomic E-state index is 13.5. The number of aliphatic carboxylic acids is 3. The Morgan fingerprint density at radius 2 is 1.66 bits per heavy atom. The highest BCUT2D eigenvalue weighted by molar-refractivity contribution is 6.31. The Morgan fingerprint density at radius 3 is 2.13 bits per heavy atom. The van der Waals surface area contributed by atoms with E-state index in [2.05, 4.69) is 4.90 Å². The molecule has 2 aromatic carbocycles. The summed E-state index contributed by atoms with van der Waals surface area (Å²) in [6, 6.07) is 11.7. The number of carbonyl (C=O) groups is 4. The maximum atomic E-state index is 13.5. The number of benzene rings is 2. The number of para-hydroxylation sites is 1. The molecular weight excluding hydrogens is 527 g/mol. The van der Waals surface area contributed by atoms with Crippen LogP contribution in [0.3, 0.4) is 0 Å². The molecule has 38 heavy (non-hydrogen) atoms. The molecule has 1 saturated heterocycles. The number of hydrogen-bond donors (Lipinski definition) is 5. The summed E-state index contributed by atoms with van der Waals surface area (Å²) >= 11 is 5.90. The van der Waals surface area contributed by atoms with Crippen molar-refractivity contribution in [3.8, 4) is 11.1 Å². The first kappa shape index (κ1) is 30.5. The van der Waals surface area contributed by atoms with Crippen LogP contribution in [0.15, 0.2) is 42.5 Å². The van der Waals surface area contributed by atoms with Crippen molar-refractivity contribution < 1.29 is 49.1 Å². The number of carboxylic acids is 3. The Balaban J connectivity index is 0.000000332. The van der Waals surface area contributed by atoms with Gasteiger partial charge in [-0.1, -0.05) is 35.9 Å². The van der Waals surface area contributed by atoms with Crippen LogP contribution in [0.4, 0.5) is 14.9 Å². The number of nitrogens with zero attached hydrogens (tertiary/aromatic N) is 2. The fourth-order valence-corrected chi connectivity index (χ4v) is 4.22. The molecule has 1 amide bonds.